The summed E-state index contributed by atoms with van der Waals surface area (Å²) < 4.78 is 33.0. The molecule has 0 aliphatic heterocycles. The number of rotatable bonds is 5. The summed E-state index contributed by atoms with van der Waals surface area (Å²) in [5.74, 6) is 0.344. The molecule has 0 radical (unpaired) electrons. The molecule has 1 aromatic heterocycles. The van der Waals surface area contributed by atoms with Crippen molar-refractivity contribution in [3.63, 3.8) is 0 Å². The molecule has 3 N–H and O–H groups in total. The van der Waals surface area contributed by atoms with Crippen molar-refractivity contribution in [1.82, 2.24) is 0 Å². The number of thiophene rings is 1. The fourth-order valence-electron chi connectivity index (χ4n) is 1.59. The highest BCUT2D eigenvalue weighted by molar-refractivity contribution is 9.10. The van der Waals surface area contributed by atoms with Gasteiger partial charge in [0.25, 0.3) is 10.0 Å². The van der Waals surface area contributed by atoms with Crippen molar-refractivity contribution >= 4 is 60.2 Å². The van der Waals surface area contributed by atoms with Crippen LogP contribution in [-0.2, 0) is 10.0 Å². The number of anilines is 1. The summed E-state index contributed by atoms with van der Waals surface area (Å²) in [6.07, 6.45) is 0. The molecule has 0 aliphatic carbocycles. The Hall–Kier alpha value is -1.16. The van der Waals surface area contributed by atoms with E-state index in [1.54, 1.807) is 29.6 Å². The number of nitrogens with two attached hydrogens (primary N) is 1. The number of benzene rings is 1. The number of methoxy groups -OCH3 is 1. The number of nitrogens with one attached hydrogen (secondary N) is 1. The van der Waals surface area contributed by atoms with Crippen LogP contribution in [0.3, 0.4) is 0 Å². The van der Waals surface area contributed by atoms with E-state index in [-0.39, 0.29) is 9.20 Å². The van der Waals surface area contributed by atoms with Crippen molar-refractivity contribution in [1.29, 1.82) is 0 Å². The van der Waals surface area contributed by atoms with Crippen LogP contribution in [0.15, 0.2) is 38.3 Å². The highest BCUT2D eigenvalue weighted by atomic mass is 79.9. The van der Waals surface area contributed by atoms with Gasteiger partial charge in [-0.05, 0) is 45.6 Å². The van der Waals surface area contributed by atoms with E-state index >= 15 is 0 Å². The molecular formula is C12H11BrN2O3S3. The van der Waals surface area contributed by atoms with Gasteiger partial charge < -0.3 is 10.5 Å². The van der Waals surface area contributed by atoms with E-state index < -0.39 is 10.0 Å². The minimum Gasteiger partial charge on any atom is -0.495 e. The SMILES string of the molecule is COc1cc(C(N)=S)ccc1NS(=O)(=O)c1sccc1Br. The van der Waals surface area contributed by atoms with Crippen LogP contribution in [0.2, 0.25) is 0 Å². The molecule has 21 heavy (non-hydrogen) atoms. The molecule has 0 saturated heterocycles. The monoisotopic (exact) mass is 406 g/mol. The number of hydrogen-bond donors (Lipinski definition) is 2. The lowest BCUT2D eigenvalue weighted by molar-refractivity contribution is 0.417. The Labute approximate surface area is 140 Å². The summed E-state index contributed by atoms with van der Waals surface area (Å²) in [5.41, 5.74) is 6.46. The summed E-state index contributed by atoms with van der Waals surface area (Å²) in [7, 11) is -2.25. The predicted octanol–water partition coefficient (Wildman–Crippen LogP) is 2.95. The molecule has 0 spiro atoms. The lowest BCUT2D eigenvalue weighted by atomic mass is 10.2. The van der Waals surface area contributed by atoms with Gasteiger partial charge >= 0.3 is 0 Å². The van der Waals surface area contributed by atoms with Gasteiger partial charge in [-0.25, -0.2) is 8.42 Å². The maximum Gasteiger partial charge on any atom is 0.272 e. The maximum absolute atomic E-state index is 12.3. The third-order valence-electron chi connectivity index (χ3n) is 2.56. The molecule has 0 atom stereocenters. The topological polar surface area (TPSA) is 81.4 Å². The minimum atomic E-state index is -3.69. The number of sulfonamides is 1. The molecule has 0 saturated carbocycles. The first-order valence-corrected chi connectivity index (χ1v) is 9.15. The van der Waals surface area contributed by atoms with E-state index in [1.165, 1.54) is 7.11 Å². The van der Waals surface area contributed by atoms with Crippen LogP contribution in [0.4, 0.5) is 5.69 Å². The van der Waals surface area contributed by atoms with E-state index in [4.69, 9.17) is 22.7 Å². The van der Waals surface area contributed by atoms with Crippen LogP contribution in [0.5, 0.6) is 5.75 Å². The quantitative estimate of drug-likeness (QED) is 0.745. The van der Waals surface area contributed by atoms with Crippen LogP contribution in [0, 0.1) is 0 Å². The molecule has 0 aliphatic rings. The van der Waals surface area contributed by atoms with Crippen LogP contribution >= 0.6 is 39.5 Å². The third-order valence-corrected chi connectivity index (χ3v) is 6.83. The maximum atomic E-state index is 12.3. The average molecular weight is 407 g/mol. The molecule has 9 heteroatoms. The van der Waals surface area contributed by atoms with Crippen molar-refractivity contribution in [3.8, 4) is 5.75 Å². The number of hydrogen-bond acceptors (Lipinski definition) is 5. The fraction of sp³-hybridized carbons (Fsp3) is 0.0833. The molecule has 1 heterocycles. The highest BCUT2D eigenvalue weighted by Gasteiger charge is 2.21. The lowest BCUT2D eigenvalue weighted by Gasteiger charge is -2.12. The largest absolute Gasteiger partial charge is 0.495 e. The van der Waals surface area contributed by atoms with Gasteiger partial charge in [0.05, 0.1) is 12.8 Å². The van der Waals surface area contributed by atoms with Crippen LogP contribution in [0.25, 0.3) is 0 Å². The van der Waals surface area contributed by atoms with Gasteiger partial charge in [0.15, 0.2) is 4.21 Å². The molecular weight excluding hydrogens is 396 g/mol. The molecule has 0 bridgehead atoms. The Morgan fingerprint density at radius 1 is 1.43 bits per heavy atom. The minimum absolute atomic E-state index is 0.197. The molecule has 5 nitrogen and oxygen atoms in total. The van der Waals surface area contributed by atoms with Crippen LogP contribution < -0.4 is 15.2 Å². The first kappa shape index (κ1) is 16.2. The molecule has 1 aromatic carbocycles. The molecule has 0 fully saturated rings. The normalized spacial score (nSPS) is 11.1. The number of thiocarbonyl (C=S) groups is 1. The summed E-state index contributed by atoms with van der Waals surface area (Å²) in [5, 5.41) is 1.69. The fourth-order valence-corrected chi connectivity index (χ4v) is 5.13. The number of ether oxygens (including phenoxy) is 1. The molecule has 2 rings (SSSR count). The van der Waals surface area contributed by atoms with Crippen LogP contribution in [0.1, 0.15) is 5.56 Å². The highest BCUT2D eigenvalue weighted by Crippen LogP contribution is 2.32. The van der Waals surface area contributed by atoms with Gasteiger partial charge in [-0.2, -0.15) is 0 Å². The first-order valence-electron chi connectivity index (χ1n) is 5.59. The molecule has 0 amide bonds. The molecule has 112 valence electrons. The second-order valence-electron chi connectivity index (χ2n) is 3.94. The summed E-state index contributed by atoms with van der Waals surface area (Å²) in [4.78, 5) is 0.212. The Morgan fingerprint density at radius 2 is 2.14 bits per heavy atom. The summed E-state index contributed by atoms with van der Waals surface area (Å²) >= 11 is 9.21. The number of halogens is 1. The second kappa shape index (κ2) is 6.30. The van der Waals surface area contributed by atoms with Gasteiger partial charge in [0.1, 0.15) is 10.7 Å². The first-order chi connectivity index (χ1) is 9.85. The van der Waals surface area contributed by atoms with Gasteiger partial charge in [-0.3, -0.25) is 4.72 Å². The van der Waals surface area contributed by atoms with E-state index in [2.05, 4.69) is 20.7 Å². The van der Waals surface area contributed by atoms with Crippen molar-refractivity contribution in [2.75, 3.05) is 11.8 Å². The van der Waals surface area contributed by atoms with Crippen molar-refractivity contribution in [3.05, 3.63) is 39.7 Å². The third kappa shape index (κ3) is 3.54. The zero-order valence-electron chi connectivity index (χ0n) is 10.8. The van der Waals surface area contributed by atoms with Gasteiger partial charge in [0, 0.05) is 10.0 Å². The van der Waals surface area contributed by atoms with Crippen molar-refractivity contribution in [2.24, 2.45) is 5.73 Å². The zero-order valence-corrected chi connectivity index (χ0v) is 14.8. The van der Waals surface area contributed by atoms with Crippen LogP contribution in [-0.4, -0.2) is 20.5 Å². The second-order valence-corrected chi connectivity index (χ2v) is 8.03. The van der Waals surface area contributed by atoms with Crippen molar-refractivity contribution < 1.29 is 13.2 Å². The summed E-state index contributed by atoms with van der Waals surface area (Å²) in [6.45, 7) is 0. The zero-order chi connectivity index (χ0) is 15.6. The van der Waals surface area contributed by atoms with E-state index in [0.717, 1.165) is 11.3 Å². The standard InChI is InChI=1S/C12H11BrN2O3S3/c1-18-10-6-7(11(14)19)2-3-9(10)15-21(16,17)12-8(13)4-5-20-12/h2-6,15H,1H3,(H2,14,19). The van der Waals surface area contributed by atoms with Gasteiger partial charge in [0.2, 0.25) is 0 Å². The molecule has 0 unspecified atom stereocenters. The molecule has 2 aromatic rings. The Kier molecular flexibility index (Phi) is 4.87. The predicted molar refractivity (Wildman–Crippen MR) is 91.7 cm³/mol. The smallest absolute Gasteiger partial charge is 0.272 e. The average Bonchev–Trinajstić information content (AvgIpc) is 2.85. The Morgan fingerprint density at radius 3 is 2.67 bits per heavy atom. The Balaban J connectivity index is 2.40. The van der Waals surface area contributed by atoms with Gasteiger partial charge in [-0.1, -0.05) is 12.2 Å². The van der Waals surface area contributed by atoms with E-state index in [0.29, 0.717) is 21.5 Å². The lowest BCUT2D eigenvalue weighted by Crippen LogP contribution is -2.14. The van der Waals surface area contributed by atoms with E-state index in [9.17, 15) is 8.42 Å². The Bertz CT molecular complexity index is 787. The van der Waals surface area contributed by atoms with Crippen molar-refractivity contribution in [2.45, 2.75) is 4.21 Å². The summed E-state index contributed by atoms with van der Waals surface area (Å²) in [6, 6.07) is 6.45. The van der Waals surface area contributed by atoms with E-state index in [1.807, 2.05) is 0 Å². The van der Waals surface area contributed by atoms with Gasteiger partial charge in [-0.15, -0.1) is 11.3 Å².